The molecule has 0 atom stereocenters. The fourth-order valence-electron chi connectivity index (χ4n) is 1.22. The standard InChI is InChI=1S/C8H10N2O2/c1-2-11-8-7-6(3-4-12-7)5-9-10-8/h5H,2-4H2,1H3. The summed E-state index contributed by atoms with van der Waals surface area (Å²) in [5, 5.41) is 7.66. The number of aromatic nitrogens is 2. The second-order valence-corrected chi connectivity index (χ2v) is 2.54. The van der Waals surface area contributed by atoms with Gasteiger partial charge in [0.25, 0.3) is 5.88 Å². The van der Waals surface area contributed by atoms with Gasteiger partial charge < -0.3 is 9.47 Å². The monoisotopic (exact) mass is 166 g/mol. The van der Waals surface area contributed by atoms with E-state index in [-0.39, 0.29) is 0 Å². The number of hydrogen-bond acceptors (Lipinski definition) is 4. The highest BCUT2D eigenvalue weighted by Crippen LogP contribution is 2.32. The molecule has 0 bridgehead atoms. The fraction of sp³-hybridized carbons (Fsp3) is 0.500. The van der Waals surface area contributed by atoms with E-state index in [0.29, 0.717) is 19.1 Å². The molecule has 1 aliphatic heterocycles. The van der Waals surface area contributed by atoms with Crippen molar-refractivity contribution >= 4 is 0 Å². The Bertz CT molecular complexity index is 288. The SMILES string of the molecule is CCOc1nncc2c1OCC2. The van der Waals surface area contributed by atoms with E-state index in [1.54, 1.807) is 6.20 Å². The van der Waals surface area contributed by atoms with E-state index in [9.17, 15) is 0 Å². The van der Waals surface area contributed by atoms with Crippen LogP contribution in [0.15, 0.2) is 6.20 Å². The third kappa shape index (κ3) is 1.09. The molecule has 64 valence electrons. The Hall–Kier alpha value is -1.32. The summed E-state index contributed by atoms with van der Waals surface area (Å²) in [5.74, 6) is 1.29. The van der Waals surface area contributed by atoms with Gasteiger partial charge in [-0.15, -0.1) is 5.10 Å². The van der Waals surface area contributed by atoms with Gasteiger partial charge in [0.1, 0.15) is 0 Å². The highest BCUT2D eigenvalue weighted by molar-refractivity contribution is 5.41. The molecule has 0 aromatic carbocycles. The minimum atomic E-state index is 0.521. The van der Waals surface area contributed by atoms with Gasteiger partial charge in [0, 0.05) is 12.0 Å². The second-order valence-electron chi connectivity index (χ2n) is 2.54. The van der Waals surface area contributed by atoms with Crippen LogP contribution >= 0.6 is 0 Å². The van der Waals surface area contributed by atoms with E-state index in [2.05, 4.69) is 10.2 Å². The quantitative estimate of drug-likeness (QED) is 0.652. The van der Waals surface area contributed by atoms with Crippen LogP contribution in [0.4, 0.5) is 0 Å². The molecular weight excluding hydrogens is 156 g/mol. The van der Waals surface area contributed by atoms with Gasteiger partial charge in [-0.2, -0.15) is 5.10 Å². The summed E-state index contributed by atoms with van der Waals surface area (Å²) >= 11 is 0. The Morgan fingerprint density at radius 2 is 2.58 bits per heavy atom. The summed E-state index contributed by atoms with van der Waals surface area (Å²) in [6.07, 6.45) is 2.63. The second kappa shape index (κ2) is 2.97. The van der Waals surface area contributed by atoms with Crippen molar-refractivity contribution < 1.29 is 9.47 Å². The van der Waals surface area contributed by atoms with Crippen molar-refractivity contribution in [1.29, 1.82) is 0 Å². The predicted molar refractivity (Wildman–Crippen MR) is 42.4 cm³/mol. The first kappa shape index (κ1) is 7.34. The first-order chi connectivity index (χ1) is 5.92. The van der Waals surface area contributed by atoms with Crippen molar-refractivity contribution in [1.82, 2.24) is 10.2 Å². The van der Waals surface area contributed by atoms with Gasteiger partial charge >= 0.3 is 0 Å². The van der Waals surface area contributed by atoms with E-state index in [0.717, 1.165) is 17.7 Å². The van der Waals surface area contributed by atoms with Gasteiger partial charge in [-0.05, 0) is 6.92 Å². The van der Waals surface area contributed by atoms with Crippen molar-refractivity contribution in [2.45, 2.75) is 13.3 Å². The molecule has 0 radical (unpaired) electrons. The summed E-state index contributed by atoms with van der Waals surface area (Å²) in [4.78, 5) is 0. The average Bonchev–Trinajstić information content (AvgIpc) is 2.53. The van der Waals surface area contributed by atoms with Gasteiger partial charge in [0.05, 0.1) is 19.4 Å². The molecule has 1 aliphatic rings. The third-order valence-electron chi connectivity index (χ3n) is 1.75. The van der Waals surface area contributed by atoms with Crippen LogP contribution in [0.3, 0.4) is 0 Å². The van der Waals surface area contributed by atoms with Gasteiger partial charge in [0.2, 0.25) is 0 Å². The van der Waals surface area contributed by atoms with Crippen molar-refractivity contribution in [2.24, 2.45) is 0 Å². The van der Waals surface area contributed by atoms with E-state index in [1.807, 2.05) is 6.92 Å². The summed E-state index contributed by atoms with van der Waals surface area (Å²) in [6.45, 7) is 3.22. The van der Waals surface area contributed by atoms with E-state index < -0.39 is 0 Å². The number of ether oxygens (including phenoxy) is 2. The Morgan fingerprint density at radius 3 is 3.42 bits per heavy atom. The van der Waals surface area contributed by atoms with E-state index in [4.69, 9.17) is 9.47 Å². The molecular formula is C8H10N2O2. The Morgan fingerprint density at radius 1 is 1.67 bits per heavy atom. The largest absolute Gasteiger partial charge is 0.487 e. The van der Waals surface area contributed by atoms with Crippen LogP contribution in [0.1, 0.15) is 12.5 Å². The first-order valence-corrected chi connectivity index (χ1v) is 4.02. The van der Waals surface area contributed by atoms with Crippen molar-refractivity contribution in [3.63, 3.8) is 0 Å². The predicted octanol–water partition coefficient (Wildman–Crippen LogP) is 0.810. The molecule has 1 aromatic heterocycles. The summed E-state index contributed by atoms with van der Waals surface area (Å²) in [7, 11) is 0. The molecule has 2 rings (SSSR count). The van der Waals surface area contributed by atoms with Gasteiger partial charge in [-0.1, -0.05) is 0 Å². The highest BCUT2D eigenvalue weighted by Gasteiger charge is 2.18. The molecule has 0 aliphatic carbocycles. The zero-order valence-corrected chi connectivity index (χ0v) is 6.91. The van der Waals surface area contributed by atoms with Crippen LogP contribution in [-0.4, -0.2) is 23.4 Å². The summed E-state index contributed by atoms with van der Waals surface area (Å²) in [5.41, 5.74) is 1.09. The van der Waals surface area contributed by atoms with Gasteiger partial charge in [0.15, 0.2) is 5.75 Å². The lowest BCUT2D eigenvalue weighted by atomic mass is 10.2. The average molecular weight is 166 g/mol. The zero-order chi connectivity index (χ0) is 8.39. The zero-order valence-electron chi connectivity index (χ0n) is 6.91. The molecule has 2 heterocycles. The number of hydrogen-bond donors (Lipinski definition) is 0. The van der Waals surface area contributed by atoms with Crippen LogP contribution < -0.4 is 9.47 Å². The van der Waals surface area contributed by atoms with E-state index in [1.165, 1.54) is 0 Å². The molecule has 0 N–H and O–H groups in total. The molecule has 4 heteroatoms. The number of fused-ring (bicyclic) bond motifs is 1. The van der Waals surface area contributed by atoms with Crippen molar-refractivity contribution in [2.75, 3.05) is 13.2 Å². The lowest BCUT2D eigenvalue weighted by Crippen LogP contribution is -1.98. The van der Waals surface area contributed by atoms with Crippen molar-refractivity contribution in [3.05, 3.63) is 11.8 Å². The third-order valence-corrected chi connectivity index (χ3v) is 1.75. The molecule has 0 saturated carbocycles. The smallest absolute Gasteiger partial charge is 0.276 e. The van der Waals surface area contributed by atoms with Crippen LogP contribution in [0.25, 0.3) is 0 Å². The van der Waals surface area contributed by atoms with Crippen LogP contribution in [0.5, 0.6) is 11.6 Å². The maximum absolute atomic E-state index is 5.35. The minimum absolute atomic E-state index is 0.521. The highest BCUT2D eigenvalue weighted by atomic mass is 16.5. The molecule has 0 amide bonds. The maximum atomic E-state index is 5.35. The maximum Gasteiger partial charge on any atom is 0.276 e. The van der Waals surface area contributed by atoms with Gasteiger partial charge in [-0.3, -0.25) is 0 Å². The lowest BCUT2D eigenvalue weighted by Gasteiger charge is -2.04. The van der Waals surface area contributed by atoms with Crippen LogP contribution in [0.2, 0.25) is 0 Å². The minimum Gasteiger partial charge on any atom is -0.487 e. The molecule has 0 fully saturated rings. The summed E-state index contributed by atoms with van der Waals surface area (Å²) in [6, 6.07) is 0. The fourth-order valence-corrected chi connectivity index (χ4v) is 1.22. The van der Waals surface area contributed by atoms with Crippen LogP contribution in [-0.2, 0) is 6.42 Å². The Kier molecular flexibility index (Phi) is 1.81. The number of rotatable bonds is 2. The topological polar surface area (TPSA) is 44.2 Å². The lowest BCUT2D eigenvalue weighted by molar-refractivity contribution is 0.285. The number of nitrogens with zero attached hydrogens (tertiary/aromatic N) is 2. The first-order valence-electron chi connectivity index (χ1n) is 4.02. The Balaban J connectivity index is 2.36. The molecule has 0 saturated heterocycles. The Labute approximate surface area is 70.5 Å². The van der Waals surface area contributed by atoms with Gasteiger partial charge in [-0.25, -0.2) is 0 Å². The summed E-state index contributed by atoms with van der Waals surface area (Å²) < 4.78 is 10.6. The van der Waals surface area contributed by atoms with Crippen molar-refractivity contribution in [3.8, 4) is 11.6 Å². The molecule has 0 unspecified atom stereocenters. The molecule has 4 nitrogen and oxygen atoms in total. The molecule has 12 heavy (non-hydrogen) atoms. The molecule has 0 spiro atoms. The van der Waals surface area contributed by atoms with Crippen LogP contribution in [0, 0.1) is 0 Å². The van der Waals surface area contributed by atoms with E-state index >= 15 is 0 Å². The molecule has 1 aromatic rings. The normalized spacial score (nSPS) is 13.8.